The molecule has 4 unspecified atom stereocenters. The SMILES string of the molecule is [B]CC1OC([B])C(OI)C1OI. The molecule has 12 heavy (non-hydrogen) atoms. The minimum atomic E-state index is -0.449. The highest BCUT2D eigenvalue weighted by atomic mass is 127. The van der Waals surface area contributed by atoms with Gasteiger partial charge in [-0.3, -0.25) is 0 Å². The summed E-state index contributed by atoms with van der Waals surface area (Å²) in [6.45, 7) is 0. The van der Waals surface area contributed by atoms with Crippen LogP contribution in [0.5, 0.6) is 0 Å². The maximum Gasteiger partial charge on any atom is 0.124 e. The van der Waals surface area contributed by atoms with E-state index in [1.165, 1.54) is 0 Å². The molecule has 0 amide bonds. The summed E-state index contributed by atoms with van der Waals surface area (Å²) in [6, 6.07) is -0.449. The standard InChI is InChI=1S/C5H6B2I2O3/c6-1-2-3(11-8)4(12-9)5(7)10-2/h2-5H,1H2. The fourth-order valence-corrected chi connectivity index (χ4v) is 2.35. The smallest absolute Gasteiger partial charge is 0.124 e. The van der Waals surface area contributed by atoms with E-state index in [2.05, 4.69) is 0 Å². The largest absolute Gasteiger partial charge is 0.380 e. The Bertz CT molecular complexity index is 151. The van der Waals surface area contributed by atoms with Gasteiger partial charge in [0.15, 0.2) is 0 Å². The van der Waals surface area contributed by atoms with E-state index in [0.717, 1.165) is 0 Å². The molecule has 0 saturated carbocycles. The van der Waals surface area contributed by atoms with Crippen molar-refractivity contribution < 1.29 is 10.9 Å². The van der Waals surface area contributed by atoms with Crippen molar-refractivity contribution in [2.45, 2.75) is 30.6 Å². The van der Waals surface area contributed by atoms with Crippen molar-refractivity contribution in [2.24, 2.45) is 0 Å². The molecule has 1 aliphatic rings. The van der Waals surface area contributed by atoms with Crippen LogP contribution in [0.2, 0.25) is 6.32 Å². The minimum Gasteiger partial charge on any atom is -0.380 e. The van der Waals surface area contributed by atoms with Crippen LogP contribution >= 0.6 is 46.0 Å². The number of rotatable bonds is 3. The van der Waals surface area contributed by atoms with Crippen LogP contribution in [0, 0.1) is 0 Å². The lowest BCUT2D eigenvalue weighted by Crippen LogP contribution is -2.33. The molecular weight excluding hydrogens is 383 g/mol. The maximum atomic E-state index is 5.63. The molecule has 1 fully saturated rings. The van der Waals surface area contributed by atoms with Gasteiger partial charge < -0.3 is 10.9 Å². The van der Waals surface area contributed by atoms with Crippen LogP contribution in [0.3, 0.4) is 0 Å². The molecule has 1 heterocycles. The predicted octanol–water partition coefficient (Wildman–Crippen LogP) is 0.937. The Morgan fingerprint density at radius 1 is 1.25 bits per heavy atom. The quantitative estimate of drug-likeness (QED) is 0.531. The summed E-state index contributed by atoms with van der Waals surface area (Å²) < 4.78 is 15.5. The first-order chi connectivity index (χ1) is 5.74. The Kier molecular flexibility index (Phi) is 5.17. The first-order valence-corrected chi connectivity index (χ1v) is 5.16. The lowest BCUT2D eigenvalue weighted by Gasteiger charge is -2.17. The van der Waals surface area contributed by atoms with E-state index in [-0.39, 0.29) is 18.3 Å². The molecule has 0 aromatic rings. The van der Waals surface area contributed by atoms with Crippen molar-refractivity contribution in [1.29, 1.82) is 0 Å². The second kappa shape index (κ2) is 5.38. The van der Waals surface area contributed by atoms with E-state index in [1.54, 1.807) is 46.0 Å². The molecule has 0 bridgehead atoms. The number of hydrogen-bond acceptors (Lipinski definition) is 3. The van der Waals surface area contributed by atoms with Gasteiger partial charge in [0.2, 0.25) is 0 Å². The zero-order valence-corrected chi connectivity index (χ0v) is 10.5. The monoisotopic (exact) mass is 390 g/mol. The second-order valence-electron chi connectivity index (χ2n) is 2.48. The summed E-state index contributed by atoms with van der Waals surface area (Å²) >= 11 is 3.59. The molecule has 0 aromatic heterocycles. The Morgan fingerprint density at radius 2 is 1.83 bits per heavy atom. The Hall–Kier alpha value is 1.47. The fraction of sp³-hybridized carbons (Fsp3) is 1.00. The van der Waals surface area contributed by atoms with E-state index in [0.29, 0.717) is 6.32 Å². The summed E-state index contributed by atoms with van der Waals surface area (Å²) in [4.78, 5) is 0. The van der Waals surface area contributed by atoms with Crippen molar-refractivity contribution in [3.63, 3.8) is 0 Å². The van der Waals surface area contributed by atoms with Gasteiger partial charge in [0.25, 0.3) is 0 Å². The van der Waals surface area contributed by atoms with Gasteiger partial charge in [-0.1, -0.05) is 6.32 Å². The van der Waals surface area contributed by atoms with Gasteiger partial charge in [0.05, 0.1) is 14.0 Å². The third kappa shape index (κ3) is 2.28. The highest BCUT2D eigenvalue weighted by Crippen LogP contribution is 2.29. The lowest BCUT2D eigenvalue weighted by molar-refractivity contribution is 0.0692. The number of ether oxygens (including phenoxy) is 1. The summed E-state index contributed by atoms with van der Waals surface area (Å²) in [6.07, 6.45) is -0.201. The van der Waals surface area contributed by atoms with Gasteiger partial charge in [-0.15, -0.1) is 0 Å². The van der Waals surface area contributed by atoms with Gasteiger partial charge in [0.1, 0.15) is 66.1 Å². The molecule has 1 saturated heterocycles. The molecule has 4 atom stereocenters. The van der Waals surface area contributed by atoms with Crippen LogP contribution in [0.4, 0.5) is 0 Å². The highest BCUT2D eigenvalue weighted by Gasteiger charge is 2.42. The Labute approximate surface area is 102 Å². The Morgan fingerprint density at radius 3 is 2.25 bits per heavy atom. The first kappa shape index (κ1) is 11.5. The van der Waals surface area contributed by atoms with E-state index in [1.807, 2.05) is 0 Å². The zero-order chi connectivity index (χ0) is 9.14. The molecular formula is C5H6B2I2O3. The summed E-state index contributed by atoms with van der Waals surface area (Å²) in [5, 5.41) is 0. The van der Waals surface area contributed by atoms with Gasteiger partial charge in [0, 0.05) is 6.00 Å². The zero-order valence-electron chi connectivity index (χ0n) is 6.15. The summed E-state index contributed by atoms with van der Waals surface area (Å²) in [7, 11) is 11.1. The van der Waals surface area contributed by atoms with Crippen molar-refractivity contribution in [2.75, 3.05) is 0 Å². The third-order valence-corrected chi connectivity index (χ3v) is 2.96. The summed E-state index contributed by atoms with van der Waals surface area (Å²) in [5.74, 6) is 0. The average Bonchev–Trinajstić information content (AvgIpc) is 2.40. The highest BCUT2D eigenvalue weighted by molar-refractivity contribution is 14.1. The topological polar surface area (TPSA) is 27.7 Å². The lowest BCUT2D eigenvalue weighted by atomic mass is 9.90. The molecule has 1 aliphatic heterocycles. The van der Waals surface area contributed by atoms with Crippen molar-refractivity contribution in [3.8, 4) is 0 Å². The van der Waals surface area contributed by atoms with Crippen molar-refractivity contribution >= 4 is 61.7 Å². The van der Waals surface area contributed by atoms with Crippen LogP contribution in [0.1, 0.15) is 0 Å². The minimum absolute atomic E-state index is 0.170. The van der Waals surface area contributed by atoms with Gasteiger partial charge >= 0.3 is 0 Å². The van der Waals surface area contributed by atoms with E-state index in [4.69, 9.17) is 26.6 Å². The van der Waals surface area contributed by atoms with E-state index >= 15 is 0 Å². The molecule has 0 spiro atoms. The van der Waals surface area contributed by atoms with Crippen LogP contribution < -0.4 is 0 Å². The Balaban J connectivity index is 2.61. The average molecular weight is 390 g/mol. The molecule has 1 rings (SSSR count). The van der Waals surface area contributed by atoms with Crippen molar-refractivity contribution in [3.05, 3.63) is 0 Å². The van der Waals surface area contributed by atoms with Crippen LogP contribution in [0.15, 0.2) is 0 Å². The van der Waals surface area contributed by atoms with Gasteiger partial charge in [-0.25, -0.2) is 0 Å². The predicted molar refractivity (Wildman–Crippen MR) is 62.8 cm³/mol. The summed E-state index contributed by atoms with van der Waals surface area (Å²) in [5.41, 5.74) is 0. The fourth-order valence-electron chi connectivity index (χ4n) is 1.15. The van der Waals surface area contributed by atoms with Crippen molar-refractivity contribution in [1.82, 2.24) is 0 Å². The van der Waals surface area contributed by atoms with E-state index in [9.17, 15) is 0 Å². The van der Waals surface area contributed by atoms with Crippen LogP contribution in [0.25, 0.3) is 0 Å². The molecule has 0 aliphatic carbocycles. The normalized spacial score (nSPS) is 41.8. The van der Waals surface area contributed by atoms with E-state index < -0.39 is 6.00 Å². The number of halogens is 2. The third-order valence-electron chi connectivity index (χ3n) is 1.78. The second-order valence-corrected chi connectivity index (χ2v) is 3.50. The molecule has 64 valence electrons. The molecule has 0 aromatic carbocycles. The maximum absolute atomic E-state index is 5.63. The van der Waals surface area contributed by atoms with Crippen LogP contribution in [-0.4, -0.2) is 40.0 Å². The molecule has 0 N–H and O–H groups in total. The molecule has 4 radical (unpaired) electrons. The molecule has 3 nitrogen and oxygen atoms in total. The molecule has 7 heteroatoms. The number of hydrogen-bond donors (Lipinski definition) is 0. The van der Waals surface area contributed by atoms with Crippen LogP contribution in [-0.2, 0) is 10.9 Å². The van der Waals surface area contributed by atoms with Gasteiger partial charge in [-0.05, 0) is 0 Å². The van der Waals surface area contributed by atoms with Gasteiger partial charge in [-0.2, -0.15) is 0 Å². The first-order valence-electron chi connectivity index (χ1n) is 3.40.